The van der Waals surface area contributed by atoms with Crippen molar-refractivity contribution in [2.24, 2.45) is 0 Å². The molecule has 1 aromatic carbocycles. The zero-order valence-corrected chi connectivity index (χ0v) is 13.6. The number of carbonyl (C=O) groups excluding carboxylic acids is 1. The summed E-state index contributed by atoms with van der Waals surface area (Å²) in [6, 6.07) is 8.28. The highest BCUT2D eigenvalue weighted by Gasteiger charge is 2.41. The van der Waals surface area contributed by atoms with Crippen LogP contribution in [0.4, 0.5) is 0 Å². The topological polar surface area (TPSA) is 58.1 Å². The summed E-state index contributed by atoms with van der Waals surface area (Å²) >= 11 is 0. The van der Waals surface area contributed by atoms with Crippen LogP contribution >= 0.6 is 0 Å². The van der Waals surface area contributed by atoms with Crippen LogP contribution in [0.2, 0.25) is 0 Å². The van der Waals surface area contributed by atoms with Gasteiger partial charge in [-0.15, -0.1) is 0 Å². The molecule has 2 heterocycles. The number of amides is 1. The van der Waals surface area contributed by atoms with Crippen molar-refractivity contribution >= 4 is 5.91 Å². The van der Waals surface area contributed by atoms with Gasteiger partial charge in [0.15, 0.2) is 0 Å². The first-order valence-electron chi connectivity index (χ1n) is 7.92. The molecule has 1 aliphatic heterocycles. The third kappa shape index (κ3) is 3.24. The summed E-state index contributed by atoms with van der Waals surface area (Å²) in [7, 11) is 3.64. The van der Waals surface area contributed by atoms with Gasteiger partial charge in [-0.3, -0.25) is 4.79 Å². The molecule has 1 fully saturated rings. The zero-order valence-electron chi connectivity index (χ0n) is 13.6. The zero-order chi connectivity index (χ0) is 16.3. The van der Waals surface area contributed by atoms with Gasteiger partial charge in [-0.25, -0.2) is 9.97 Å². The fraction of sp³-hybridized carbons (Fsp3) is 0.389. The van der Waals surface area contributed by atoms with Crippen molar-refractivity contribution in [2.45, 2.75) is 24.8 Å². The second kappa shape index (κ2) is 6.46. The number of nitrogens with one attached hydrogen (secondary N) is 1. The van der Waals surface area contributed by atoms with Crippen LogP contribution in [-0.4, -0.2) is 47.0 Å². The fourth-order valence-corrected chi connectivity index (χ4v) is 3.30. The van der Waals surface area contributed by atoms with Gasteiger partial charge in [0.1, 0.15) is 11.9 Å². The van der Waals surface area contributed by atoms with Gasteiger partial charge in [0.2, 0.25) is 5.91 Å². The summed E-state index contributed by atoms with van der Waals surface area (Å²) in [6.45, 7) is 0.895. The maximum atomic E-state index is 12.7. The minimum absolute atomic E-state index is 0.156. The SMILES string of the molecule is CN(C)C(=O)C1(Cc2cccc(-c3cncnc3)c2)CCCN1. The van der Waals surface area contributed by atoms with E-state index in [-0.39, 0.29) is 5.91 Å². The first kappa shape index (κ1) is 15.6. The number of likely N-dealkylation sites (N-methyl/N-ethyl adjacent to an activating group) is 1. The van der Waals surface area contributed by atoms with Gasteiger partial charge in [-0.05, 0) is 36.9 Å². The van der Waals surface area contributed by atoms with Crippen LogP contribution in [0, 0.1) is 0 Å². The number of rotatable bonds is 4. The Hall–Kier alpha value is -2.27. The van der Waals surface area contributed by atoms with Gasteiger partial charge >= 0.3 is 0 Å². The predicted molar refractivity (Wildman–Crippen MR) is 89.8 cm³/mol. The van der Waals surface area contributed by atoms with Crippen LogP contribution in [-0.2, 0) is 11.2 Å². The molecule has 5 nitrogen and oxygen atoms in total. The average molecular weight is 310 g/mol. The van der Waals surface area contributed by atoms with Crippen molar-refractivity contribution in [1.82, 2.24) is 20.2 Å². The quantitative estimate of drug-likeness (QED) is 0.937. The van der Waals surface area contributed by atoms with E-state index in [4.69, 9.17) is 0 Å². The van der Waals surface area contributed by atoms with Crippen LogP contribution in [0.3, 0.4) is 0 Å². The van der Waals surface area contributed by atoms with Gasteiger partial charge in [0.25, 0.3) is 0 Å². The molecule has 1 unspecified atom stereocenters. The summed E-state index contributed by atoms with van der Waals surface area (Å²) in [5, 5.41) is 3.44. The van der Waals surface area contributed by atoms with E-state index in [1.165, 1.54) is 6.33 Å². The third-order valence-electron chi connectivity index (χ3n) is 4.39. The summed E-state index contributed by atoms with van der Waals surface area (Å²) in [5.41, 5.74) is 2.74. The molecular formula is C18H22N4O. The largest absolute Gasteiger partial charge is 0.347 e. The van der Waals surface area contributed by atoms with Crippen molar-refractivity contribution in [3.63, 3.8) is 0 Å². The average Bonchev–Trinajstić information content (AvgIpc) is 3.04. The van der Waals surface area contributed by atoms with Gasteiger partial charge < -0.3 is 10.2 Å². The number of hydrogen-bond donors (Lipinski definition) is 1. The molecule has 1 aliphatic rings. The van der Waals surface area contributed by atoms with E-state index in [2.05, 4.69) is 27.4 Å². The standard InChI is InChI=1S/C18H22N4O/c1-22(2)17(23)18(7-4-8-21-18)10-14-5-3-6-15(9-14)16-11-19-13-20-12-16/h3,5-6,9,11-13,21H,4,7-8,10H2,1-2H3. The van der Waals surface area contributed by atoms with E-state index in [1.54, 1.807) is 17.3 Å². The van der Waals surface area contributed by atoms with E-state index in [9.17, 15) is 4.79 Å². The Bertz CT molecular complexity index is 678. The Morgan fingerprint density at radius 1 is 1.26 bits per heavy atom. The Morgan fingerprint density at radius 3 is 2.70 bits per heavy atom. The third-order valence-corrected chi connectivity index (χ3v) is 4.39. The molecule has 0 radical (unpaired) electrons. The van der Waals surface area contributed by atoms with Crippen LogP contribution in [0.5, 0.6) is 0 Å². The molecule has 3 rings (SSSR count). The molecule has 5 heteroatoms. The van der Waals surface area contributed by atoms with Gasteiger partial charge in [0, 0.05) is 32.1 Å². The molecule has 0 saturated carbocycles. The maximum absolute atomic E-state index is 12.7. The lowest BCUT2D eigenvalue weighted by Gasteiger charge is -2.31. The first-order chi connectivity index (χ1) is 11.1. The number of hydrogen-bond acceptors (Lipinski definition) is 4. The van der Waals surface area contributed by atoms with E-state index in [1.807, 2.05) is 26.2 Å². The minimum atomic E-state index is -0.477. The molecule has 23 heavy (non-hydrogen) atoms. The number of benzene rings is 1. The number of carbonyl (C=O) groups is 1. The number of nitrogens with zero attached hydrogens (tertiary/aromatic N) is 3. The van der Waals surface area contributed by atoms with Crippen molar-refractivity contribution in [1.29, 1.82) is 0 Å². The fourth-order valence-electron chi connectivity index (χ4n) is 3.30. The van der Waals surface area contributed by atoms with Crippen LogP contribution in [0.1, 0.15) is 18.4 Å². The summed E-state index contributed by atoms with van der Waals surface area (Å²) in [6.07, 6.45) is 7.75. The molecule has 1 atom stereocenters. The first-order valence-corrected chi connectivity index (χ1v) is 7.92. The second-order valence-electron chi connectivity index (χ2n) is 6.32. The lowest BCUT2D eigenvalue weighted by Crippen LogP contribution is -2.54. The van der Waals surface area contributed by atoms with Crippen LogP contribution < -0.4 is 5.32 Å². The summed E-state index contributed by atoms with van der Waals surface area (Å²) < 4.78 is 0. The molecule has 120 valence electrons. The molecule has 1 aromatic heterocycles. The van der Waals surface area contributed by atoms with Gasteiger partial charge in [-0.2, -0.15) is 0 Å². The Balaban J connectivity index is 1.88. The number of aromatic nitrogens is 2. The van der Waals surface area contributed by atoms with E-state index in [0.29, 0.717) is 6.42 Å². The van der Waals surface area contributed by atoms with Crippen molar-refractivity contribution in [3.8, 4) is 11.1 Å². The van der Waals surface area contributed by atoms with E-state index < -0.39 is 5.54 Å². The predicted octanol–water partition coefficient (Wildman–Crippen LogP) is 1.90. The van der Waals surface area contributed by atoms with Crippen molar-refractivity contribution in [2.75, 3.05) is 20.6 Å². The normalized spacial score (nSPS) is 20.4. The Labute approximate surface area is 136 Å². The highest BCUT2D eigenvalue weighted by molar-refractivity contribution is 5.86. The molecule has 0 bridgehead atoms. The lowest BCUT2D eigenvalue weighted by molar-refractivity contribution is -0.135. The monoisotopic (exact) mass is 310 g/mol. The summed E-state index contributed by atoms with van der Waals surface area (Å²) in [5.74, 6) is 0.156. The molecule has 0 aliphatic carbocycles. The van der Waals surface area contributed by atoms with Crippen molar-refractivity contribution < 1.29 is 4.79 Å². The molecular weight excluding hydrogens is 288 g/mol. The van der Waals surface area contributed by atoms with Gasteiger partial charge in [0.05, 0.1) is 0 Å². The minimum Gasteiger partial charge on any atom is -0.347 e. The lowest BCUT2D eigenvalue weighted by atomic mass is 9.87. The van der Waals surface area contributed by atoms with Crippen molar-refractivity contribution in [3.05, 3.63) is 48.5 Å². The van der Waals surface area contributed by atoms with Gasteiger partial charge in [-0.1, -0.05) is 24.3 Å². The summed E-state index contributed by atoms with van der Waals surface area (Å²) in [4.78, 5) is 22.5. The van der Waals surface area contributed by atoms with E-state index in [0.717, 1.165) is 36.1 Å². The highest BCUT2D eigenvalue weighted by atomic mass is 16.2. The molecule has 1 amide bonds. The molecule has 0 spiro atoms. The molecule has 2 aromatic rings. The highest BCUT2D eigenvalue weighted by Crippen LogP contribution is 2.28. The smallest absolute Gasteiger partial charge is 0.242 e. The van der Waals surface area contributed by atoms with Crippen LogP contribution in [0.25, 0.3) is 11.1 Å². The Kier molecular flexibility index (Phi) is 4.39. The van der Waals surface area contributed by atoms with E-state index >= 15 is 0 Å². The molecule has 1 saturated heterocycles. The Morgan fingerprint density at radius 2 is 2.04 bits per heavy atom. The maximum Gasteiger partial charge on any atom is 0.242 e. The second-order valence-corrected chi connectivity index (χ2v) is 6.32. The van der Waals surface area contributed by atoms with Crippen LogP contribution in [0.15, 0.2) is 43.0 Å². The molecule has 1 N–H and O–H groups in total.